The van der Waals surface area contributed by atoms with E-state index in [1.807, 2.05) is 13.0 Å². The Balaban J connectivity index is 2.52. The van der Waals surface area contributed by atoms with Gasteiger partial charge in [-0.15, -0.1) is 0 Å². The van der Waals surface area contributed by atoms with Crippen LogP contribution in [0, 0.1) is 6.92 Å². The quantitative estimate of drug-likeness (QED) is 0.694. The molecule has 0 aliphatic rings. The third-order valence-corrected chi connectivity index (χ3v) is 1.89. The first-order chi connectivity index (χ1) is 6.65. The maximum absolute atomic E-state index is 11.2. The third-order valence-electron chi connectivity index (χ3n) is 1.89. The molecule has 0 aliphatic heterocycles. The van der Waals surface area contributed by atoms with E-state index in [1.165, 1.54) is 0 Å². The number of aryl methyl sites for hydroxylation is 1. The van der Waals surface area contributed by atoms with E-state index in [0.717, 1.165) is 5.69 Å². The normalized spacial score (nSPS) is 12.5. The molecule has 1 aromatic rings. The molecule has 0 saturated carbocycles. The maximum Gasteiger partial charge on any atom is 0.324 e. The molecular weight excluding hydrogens is 182 g/mol. The zero-order valence-corrected chi connectivity index (χ0v) is 8.43. The second-order valence-electron chi connectivity index (χ2n) is 3.01. The first-order valence-electron chi connectivity index (χ1n) is 4.55. The summed E-state index contributed by atoms with van der Waals surface area (Å²) in [5, 5.41) is 4.03. The fourth-order valence-corrected chi connectivity index (χ4v) is 1.10. The van der Waals surface area contributed by atoms with E-state index in [2.05, 4.69) is 5.10 Å². The van der Waals surface area contributed by atoms with Gasteiger partial charge in [-0.3, -0.25) is 9.48 Å². The third kappa shape index (κ3) is 2.56. The van der Waals surface area contributed by atoms with Gasteiger partial charge in [-0.05, 0) is 19.9 Å². The van der Waals surface area contributed by atoms with E-state index >= 15 is 0 Å². The molecule has 5 heteroatoms. The summed E-state index contributed by atoms with van der Waals surface area (Å²) in [6, 6.07) is 1.21. The Labute approximate surface area is 82.8 Å². The SMILES string of the molecule is CCOC(=O)C(N)Cn1nccc1C. The smallest absolute Gasteiger partial charge is 0.324 e. The molecule has 0 amide bonds. The Morgan fingerprint density at radius 2 is 2.50 bits per heavy atom. The van der Waals surface area contributed by atoms with Crippen LogP contribution in [-0.4, -0.2) is 28.4 Å². The van der Waals surface area contributed by atoms with Crippen LogP contribution in [0.3, 0.4) is 0 Å². The van der Waals surface area contributed by atoms with Gasteiger partial charge in [0, 0.05) is 11.9 Å². The Bertz CT molecular complexity index is 309. The van der Waals surface area contributed by atoms with Crippen molar-refractivity contribution in [2.45, 2.75) is 26.4 Å². The Morgan fingerprint density at radius 3 is 3.00 bits per heavy atom. The highest BCUT2D eigenvalue weighted by Gasteiger charge is 2.15. The highest BCUT2D eigenvalue weighted by atomic mass is 16.5. The van der Waals surface area contributed by atoms with Crippen molar-refractivity contribution in [2.75, 3.05) is 6.61 Å². The minimum atomic E-state index is -0.645. The van der Waals surface area contributed by atoms with Gasteiger partial charge in [0.05, 0.1) is 13.2 Å². The highest BCUT2D eigenvalue weighted by molar-refractivity contribution is 5.75. The number of hydrogen-bond acceptors (Lipinski definition) is 4. The lowest BCUT2D eigenvalue weighted by Crippen LogP contribution is -2.37. The molecule has 0 bridgehead atoms. The Morgan fingerprint density at radius 1 is 1.79 bits per heavy atom. The molecular formula is C9H15N3O2. The molecule has 0 aromatic carbocycles. The summed E-state index contributed by atoms with van der Waals surface area (Å²) in [7, 11) is 0. The highest BCUT2D eigenvalue weighted by Crippen LogP contribution is 1.98. The van der Waals surface area contributed by atoms with Crippen molar-refractivity contribution in [3.8, 4) is 0 Å². The van der Waals surface area contributed by atoms with Gasteiger partial charge in [0.2, 0.25) is 0 Å². The summed E-state index contributed by atoms with van der Waals surface area (Å²) in [4.78, 5) is 11.2. The van der Waals surface area contributed by atoms with E-state index in [-0.39, 0.29) is 5.97 Å². The summed E-state index contributed by atoms with van der Waals surface area (Å²) in [6.45, 7) is 4.37. The number of rotatable bonds is 4. The minimum Gasteiger partial charge on any atom is -0.465 e. The second kappa shape index (κ2) is 4.76. The van der Waals surface area contributed by atoms with Gasteiger partial charge < -0.3 is 10.5 Å². The number of carbonyl (C=O) groups is 1. The molecule has 14 heavy (non-hydrogen) atoms. The van der Waals surface area contributed by atoms with Crippen LogP contribution in [0.25, 0.3) is 0 Å². The van der Waals surface area contributed by atoms with Crippen LogP contribution in [0.2, 0.25) is 0 Å². The largest absolute Gasteiger partial charge is 0.465 e. The molecule has 0 spiro atoms. The lowest BCUT2D eigenvalue weighted by Gasteiger charge is -2.11. The van der Waals surface area contributed by atoms with Crippen molar-refractivity contribution in [3.63, 3.8) is 0 Å². The fourth-order valence-electron chi connectivity index (χ4n) is 1.10. The first kappa shape index (κ1) is 10.7. The van der Waals surface area contributed by atoms with Crippen molar-refractivity contribution >= 4 is 5.97 Å². The second-order valence-corrected chi connectivity index (χ2v) is 3.01. The van der Waals surface area contributed by atoms with E-state index in [4.69, 9.17) is 10.5 Å². The summed E-state index contributed by atoms with van der Waals surface area (Å²) in [6.07, 6.45) is 1.67. The molecule has 2 N–H and O–H groups in total. The zero-order valence-electron chi connectivity index (χ0n) is 8.43. The van der Waals surface area contributed by atoms with Crippen molar-refractivity contribution in [2.24, 2.45) is 5.73 Å². The summed E-state index contributed by atoms with van der Waals surface area (Å²) in [5.74, 6) is -0.387. The molecule has 0 aliphatic carbocycles. The standard InChI is InChI=1S/C9H15N3O2/c1-3-14-9(13)8(10)6-12-7(2)4-5-11-12/h4-5,8H,3,6,10H2,1-2H3. The number of aromatic nitrogens is 2. The monoisotopic (exact) mass is 197 g/mol. The molecule has 1 unspecified atom stereocenters. The van der Waals surface area contributed by atoms with Crippen LogP contribution in [0.15, 0.2) is 12.3 Å². The molecule has 1 heterocycles. The van der Waals surface area contributed by atoms with Gasteiger partial charge in [-0.2, -0.15) is 5.10 Å². The lowest BCUT2D eigenvalue weighted by atomic mass is 10.3. The van der Waals surface area contributed by atoms with Crippen LogP contribution in [-0.2, 0) is 16.1 Å². The van der Waals surface area contributed by atoms with Gasteiger partial charge in [0.25, 0.3) is 0 Å². The number of nitrogens with zero attached hydrogens (tertiary/aromatic N) is 2. The predicted octanol–water partition coefficient (Wildman–Crippen LogP) is 0.0819. The van der Waals surface area contributed by atoms with E-state index in [0.29, 0.717) is 13.2 Å². The summed E-state index contributed by atoms with van der Waals surface area (Å²) >= 11 is 0. The molecule has 0 radical (unpaired) electrons. The Hall–Kier alpha value is -1.36. The van der Waals surface area contributed by atoms with Gasteiger partial charge in [0.1, 0.15) is 6.04 Å². The minimum absolute atomic E-state index is 0.352. The lowest BCUT2D eigenvalue weighted by molar-refractivity contribution is -0.145. The van der Waals surface area contributed by atoms with Crippen molar-refractivity contribution < 1.29 is 9.53 Å². The Kier molecular flexibility index (Phi) is 3.64. The molecule has 78 valence electrons. The van der Waals surface area contributed by atoms with E-state index < -0.39 is 6.04 Å². The fraction of sp³-hybridized carbons (Fsp3) is 0.556. The topological polar surface area (TPSA) is 70.1 Å². The van der Waals surface area contributed by atoms with Crippen LogP contribution in [0.5, 0.6) is 0 Å². The summed E-state index contributed by atoms with van der Waals surface area (Å²) in [5.41, 5.74) is 6.60. The van der Waals surface area contributed by atoms with Crippen LogP contribution in [0.4, 0.5) is 0 Å². The summed E-state index contributed by atoms with van der Waals surface area (Å²) < 4.78 is 6.47. The van der Waals surface area contributed by atoms with Gasteiger partial charge in [0.15, 0.2) is 0 Å². The van der Waals surface area contributed by atoms with Gasteiger partial charge >= 0.3 is 5.97 Å². The average Bonchev–Trinajstić information content (AvgIpc) is 2.52. The van der Waals surface area contributed by atoms with Crippen LogP contribution >= 0.6 is 0 Å². The molecule has 0 saturated heterocycles. The van der Waals surface area contributed by atoms with Crippen molar-refractivity contribution in [3.05, 3.63) is 18.0 Å². The molecule has 0 fully saturated rings. The van der Waals surface area contributed by atoms with E-state index in [1.54, 1.807) is 17.8 Å². The van der Waals surface area contributed by atoms with Crippen LogP contribution < -0.4 is 5.73 Å². The number of hydrogen-bond donors (Lipinski definition) is 1. The van der Waals surface area contributed by atoms with Gasteiger partial charge in [-0.1, -0.05) is 0 Å². The number of esters is 1. The number of ether oxygens (including phenoxy) is 1. The number of carbonyl (C=O) groups excluding carboxylic acids is 1. The average molecular weight is 197 g/mol. The molecule has 1 aromatic heterocycles. The van der Waals surface area contributed by atoms with Crippen LogP contribution in [0.1, 0.15) is 12.6 Å². The maximum atomic E-state index is 11.2. The zero-order chi connectivity index (χ0) is 10.6. The predicted molar refractivity (Wildman–Crippen MR) is 51.6 cm³/mol. The van der Waals surface area contributed by atoms with Gasteiger partial charge in [-0.25, -0.2) is 0 Å². The van der Waals surface area contributed by atoms with E-state index in [9.17, 15) is 4.79 Å². The van der Waals surface area contributed by atoms with Crippen molar-refractivity contribution in [1.29, 1.82) is 0 Å². The number of nitrogens with two attached hydrogens (primary N) is 1. The van der Waals surface area contributed by atoms with Crippen molar-refractivity contribution in [1.82, 2.24) is 9.78 Å². The molecule has 1 atom stereocenters. The first-order valence-corrected chi connectivity index (χ1v) is 4.55. The molecule has 1 rings (SSSR count). The molecule has 5 nitrogen and oxygen atoms in total.